The van der Waals surface area contributed by atoms with Gasteiger partial charge in [0.1, 0.15) is 12.3 Å². The van der Waals surface area contributed by atoms with Crippen molar-refractivity contribution in [3.05, 3.63) is 60.3 Å². The highest BCUT2D eigenvalue weighted by atomic mass is 19.4. The molecule has 3 aromatic rings. The molecule has 0 fully saturated rings. The van der Waals surface area contributed by atoms with Crippen molar-refractivity contribution in [1.82, 2.24) is 29.9 Å². The molecule has 0 saturated heterocycles. The van der Waals surface area contributed by atoms with Crippen molar-refractivity contribution < 1.29 is 22.7 Å². The second kappa shape index (κ2) is 8.89. The van der Waals surface area contributed by atoms with Crippen LogP contribution < -0.4 is 4.74 Å². The number of hydrogen-bond acceptors (Lipinski definition) is 6. The first-order valence-electron chi connectivity index (χ1n) is 9.10. The lowest BCUT2D eigenvalue weighted by Crippen LogP contribution is -2.42. The highest BCUT2D eigenvalue weighted by Crippen LogP contribution is 2.29. The van der Waals surface area contributed by atoms with E-state index in [0.29, 0.717) is 18.4 Å². The van der Waals surface area contributed by atoms with Gasteiger partial charge < -0.3 is 9.64 Å². The zero-order chi connectivity index (χ0) is 21.7. The van der Waals surface area contributed by atoms with E-state index in [2.05, 4.69) is 20.2 Å². The molecule has 8 nitrogen and oxygen atoms in total. The van der Waals surface area contributed by atoms with Crippen LogP contribution in [0.15, 0.2) is 49.1 Å². The topological polar surface area (TPSA) is 86.0 Å². The maximum atomic E-state index is 13.1. The van der Waals surface area contributed by atoms with Crippen LogP contribution in [0.2, 0.25) is 0 Å². The number of pyridine rings is 2. The summed E-state index contributed by atoms with van der Waals surface area (Å²) in [6.07, 6.45) is 0.730. The second-order valence-electron chi connectivity index (χ2n) is 6.32. The fraction of sp³-hybridized carbons (Fsp3) is 0.316. The SMILES string of the molecule is CCN(C(=O)c1ncccc1-n1nccn1)C(C)COc1ccc(C(F)(F)F)cn1. The molecule has 1 amide bonds. The van der Waals surface area contributed by atoms with Gasteiger partial charge in [0.2, 0.25) is 5.88 Å². The van der Waals surface area contributed by atoms with Crippen LogP contribution in [-0.4, -0.2) is 55.0 Å². The van der Waals surface area contributed by atoms with Crippen molar-refractivity contribution in [2.75, 3.05) is 13.2 Å². The Balaban J connectivity index is 1.71. The fourth-order valence-corrected chi connectivity index (χ4v) is 2.78. The summed E-state index contributed by atoms with van der Waals surface area (Å²) in [6.45, 7) is 3.98. The number of carbonyl (C=O) groups excluding carboxylic acids is 1. The Hall–Kier alpha value is -3.50. The minimum Gasteiger partial charge on any atom is -0.475 e. The number of amides is 1. The van der Waals surface area contributed by atoms with Gasteiger partial charge in [0.05, 0.1) is 24.0 Å². The molecule has 0 aliphatic rings. The van der Waals surface area contributed by atoms with E-state index in [1.165, 1.54) is 23.4 Å². The number of hydrogen-bond donors (Lipinski definition) is 0. The average molecular weight is 420 g/mol. The molecule has 0 aliphatic carbocycles. The summed E-state index contributed by atoms with van der Waals surface area (Å²) >= 11 is 0. The molecule has 0 spiro atoms. The third-order valence-electron chi connectivity index (χ3n) is 4.29. The molecule has 1 unspecified atom stereocenters. The normalized spacial score (nSPS) is 12.4. The maximum Gasteiger partial charge on any atom is 0.417 e. The van der Waals surface area contributed by atoms with E-state index in [1.807, 2.05) is 0 Å². The molecular weight excluding hydrogens is 401 g/mol. The van der Waals surface area contributed by atoms with E-state index in [1.54, 1.807) is 30.9 Å². The Bertz CT molecular complexity index is 977. The van der Waals surface area contributed by atoms with Gasteiger partial charge in [0.25, 0.3) is 5.91 Å². The van der Waals surface area contributed by atoms with Gasteiger partial charge in [-0.1, -0.05) is 0 Å². The monoisotopic (exact) mass is 420 g/mol. The second-order valence-corrected chi connectivity index (χ2v) is 6.32. The Morgan fingerprint density at radius 3 is 2.50 bits per heavy atom. The third kappa shape index (κ3) is 4.73. The number of rotatable bonds is 7. The summed E-state index contributed by atoms with van der Waals surface area (Å²) in [5, 5.41) is 8.08. The van der Waals surface area contributed by atoms with Gasteiger partial charge in [0, 0.05) is 25.0 Å². The number of likely N-dealkylation sites (N-methyl/N-ethyl adjacent to an activating group) is 1. The average Bonchev–Trinajstić information content (AvgIpc) is 3.27. The summed E-state index contributed by atoms with van der Waals surface area (Å²) in [7, 11) is 0. The van der Waals surface area contributed by atoms with Crippen LogP contribution >= 0.6 is 0 Å². The van der Waals surface area contributed by atoms with Crippen molar-refractivity contribution in [1.29, 1.82) is 0 Å². The smallest absolute Gasteiger partial charge is 0.417 e. The number of alkyl halides is 3. The quantitative estimate of drug-likeness (QED) is 0.584. The summed E-state index contributed by atoms with van der Waals surface area (Å²) in [6, 6.07) is 5.00. The zero-order valence-electron chi connectivity index (χ0n) is 16.2. The van der Waals surface area contributed by atoms with Crippen LogP contribution in [0.4, 0.5) is 13.2 Å². The van der Waals surface area contributed by atoms with Crippen LogP contribution in [0, 0.1) is 0 Å². The molecule has 11 heteroatoms. The van der Waals surface area contributed by atoms with Crippen LogP contribution in [-0.2, 0) is 6.18 Å². The molecular formula is C19H19F3N6O2. The Kier molecular flexibility index (Phi) is 6.28. The van der Waals surface area contributed by atoms with Crippen LogP contribution in [0.1, 0.15) is 29.9 Å². The van der Waals surface area contributed by atoms with E-state index < -0.39 is 17.8 Å². The van der Waals surface area contributed by atoms with Gasteiger partial charge in [-0.3, -0.25) is 4.79 Å². The third-order valence-corrected chi connectivity index (χ3v) is 4.29. The number of nitrogens with zero attached hydrogens (tertiary/aromatic N) is 6. The van der Waals surface area contributed by atoms with Crippen LogP contribution in [0.25, 0.3) is 5.69 Å². The minimum absolute atomic E-state index is 0.0395. The molecule has 0 radical (unpaired) electrons. The summed E-state index contributed by atoms with van der Waals surface area (Å²) in [5.41, 5.74) is -0.248. The number of ether oxygens (including phenoxy) is 1. The van der Waals surface area contributed by atoms with E-state index in [4.69, 9.17) is 4.74 Å². The molecule has 0 N–H and O–H groups in total. The number of halogens is 3. The van der Waals surface area contributed by atoms with Gasteiger partial charge >= 0.3 is 6.18 Å². The van der Waals surface area contributed by atoms with Crippen molar-refractivity contribution in [2.24, 2.45) is 0 Å². The maximum absolute atomic E-state index is 13.1. The molecule has 0 aromatic carbocycles. The molecule has 3 aromatic heterocycles. The van der Waals surface area contributed by atoms with Crippen LogP contribution in [0.5, 0.6) is 5.88 Å². The molecule has 0 bridgehead atoms. The summed E-state index contributed by atoms with van der Waals surface area (Å²) in [5.74, 6) is -0.306. The van der Waals surface area contributed by atoms with E-state index in [-0.39, 0.29) is 24.1 Å². The largest absolute Gasteiger partial charge is 0.475 e. The fourth-order valence-electron chi connectivity index (χ4n) is 2.78. The Morgan fingerprint density at radius 1 is 1.17 bits per heavy atom. The molecule has 0 aliphatic heterocycles. The lowest BCUT2D eigenvalue weighted by atomic mass is 10.2. The lowest BCUT2D eigenvalue weighted by molar-refractivity contribution is -0.137. The van der Waals surface area contributed by atoms with Gasteiger partial charge in [0.15, 0.2) is 5.69 Å². The van der Waals surface area contributed by atoms with Crippen LogP contribution in [0.3, 0.4) is 0 Å². The highest BCUT2D eigenvalue weighted by molar-refractivity contribution is 5.95. The predicted octanol–water partition coefficient (Wildman–Crippen LogP) is 3.01. The Labute approximate surface area is 170 Å². The van der Waals surface area contributed by atoms with E-state index >= 15 is 0 Å². The van der Waals surface area contributed by atoms with Crippen molar-refractivity contribution >= 4 is 5.91 Å². The molecule has 0 saturated carbocycles. The number of aromatic nitrogens is 5. The standard InChI is InChI=1S/C19H19F3N6O2/c1-3-27(13(2)12-30-16-7-6-14(11-24-16)19(20,21)22)18(29)17-15(5-4-8-23-17)28-25-9-10-26-28/h4-11,13H,3,12H2,1-2H3. The first-order chi connectivity index (χ1) is 14.3. The Morgan fingerprint density at radius 2 is 1.90 bits per heavy atom. The minimum atomic E-state index is -4.46. The van der Waals surface area contributed by atoms with E-state index in [0.717, 1.165) is 12.1 Å². The van der Waals surface area contributed by atoms with Crippen molar-refractivity contribution in [3.8, 4) is 11.6 Å². The summed E-state index contributed by atoms with van der Waals surface area (Å²) in [4.78, 5) is 23.8. The predicted molar refractivity (Wildman–Crippen MR) is 100 cm³/mol. The highest BCUT2D eigenvalue weighted by Gasteiger charge is 2.31. The first kappa shape index (κ1) is 21.2. The zero-order valence-corrected chi connectivity index (χ0v) is 16.2. The van der Waals surface area contributed by atoms with Gasteiger partial charge in [-0.05, 0) is 32.0 Å². The molecule has 3 heterocycles. The first-order valence-corrected chi connectivity index (χ1v) is 9.10. The van der Waals surface area contributed by atoms with Crippen molar-refractivity contribution in [2.45, 2.75) is 26.1 Å². The van der Waals surface area contributed by atoms with E-state index in [9.17, 15) is 18.0 Å². The number of carbonyl (C=O) groups is 1. The molecule has 158 valence electrons. The summed E-state index contributed by atoms with van der Waals surface area (Å²) < 4.78 is 43.4. The van der Waals surface area contributed by atoms with Gasteiger partial charge in [-0.2, -0.15) is 23.4 Å². The van der Waals surface area contributed by atoms with Gasteiger partial charge in [-0.25, -0.2) is 9.97 Å². The van der Waals surface area contributed by atoms with Crippen molar-refractivity contribution in [3.63, 3.8) is 0 Å². The lowest BCUT2D eigenvalue weighted by Gasteiger charge is -2.28. The molecule has 1 atom stereocenters. The molecule has 30 heavy (non-hydrogen) atoms. The van der Waals surface area contributed by atoms with Gasteiger partial charge in [-0.15, -0.1) is 4.80 Å². The molecule has 3 rings (SSSR count).